The van der Waals surface area contributed by atoms with Crippen LogP contribution in [0.4, 0.5) is 0 Å². The molecule has 6 amide bonds. The molecule has 4 atom stereocenters. The molecule has 0 aliphatic carbocycles. The Morgan fingerprint density at radius 2 is 0.905 bits per heavy atom. The minimum atomic E-state index is -1.33. The normalized spacial score (nSPS) is 12.9. The monoisotopic (exact) mass is 780 g/mol. The zero-order chi connectivity index (χ0) is 29.4. The number of hydrogen-bond acceptors (Lipinski definition) is 12. The maximum atomic E-state index is 12.4. The van der Waals surface area contributed by atoms with Crippen molar-refractivity contribution < 1.29 is 104 Å². The van der Waals surface area contributed by atoms with Crippen molar-refractivity contribution in [1.82, 2.24) is 31.1 Å². The molecule has 0 aromatic heterocycles. The third-order valence-corrected chi connectivity index (χ3v) is 6.83. The molecule has 0 spiro atoms. The van der Waals surface area contributed by atoms with E-state index in [-0.39, 0.29) is 107 Å². The number of carbonyl (C=O) groups is 6. The summed E-state index contributed by atoms with van der Waals surface area (Å²) in [6.45, 7) is -1.54. The largest absolute Gasteiger partial charge is 0.666 e. The topological polar surface area (TPSA) is 245 Å². The Kier molecular flexibility index (Phi) is 34.4. The van der Waals surface area contributed by atoms with Crippen LogP contribution in [0.5, 0.6) is 0 Å². The van der Waals surface area contributed by atoms with Gasteiger partial charge in [0.05, 0.1) is 50.2 Å². The van der Waals surface area contributed by atoms with Crippen LogP contribution in [0.1, 0.15) is 0 Å². The van der Waals surface area contributed by atoms with Crippen LogP contribution in [0.2, 0.25) is 0 Å². The number of nitrogens with zero attached hydrogens (tertiary/aromatic N) is 2. The van der Waals surface area contributed by atoms with Gasteiger partial charge in [0, 0.05) is 93.8 Å². The van der Waals surface area contributed by atoms with Gasteiger partial charge in [-0.2, -0.15) is 0 Å². The number of carbonyl (C=O) groups excluding carboxylic acids is 6. The fourth-order valence-corrected chi connectivity index (χ4v) is 4.91. The molecule has 8 radical (unpaired) electrons. The summed E-state index contributed by atoms with van der Waals surface area (Å²) in [6, 6.07) is -5.27. The Morgan fingerprint density at radius 1 is 0.619 bits per heavy atom. The molecule has 0 heterocycles. The molecule has 8 N–H and O–H groups in total. The second-order valence-corrected chi connectivity index (χ2v) is 11.1. The van der Waals surface area contributed by atoms with Crippen LogP contribution in [-0.2, 0) is 94.2 Å². The van der Waals surface area contributed by atoms with Crippen LogP contribution in [0.25, 0.3) is 11.5 Å². The van der Waals surface area contributed by atoms with Gasteiger partial charge >= 0.3 is 0 Å². The first-order valence-corrected chi connectivity index (χ1v) is 13.7. The van der Waals surface area contributed by atoms with E-state index >= 15 is 0 Å². The van der Waals surface area contributed by atoms with E-state index < -0.39 is 72.8 Å². The van der Waals surface area contributed by atoms with Gasteiger partial charge in [-0.05, 0) is 28.2 Å². The van der Waals surface area contributed by atoms with Gasteiger partial charge in [0.15, 0.2) is 0 Å². The van der Waals surface area contributed by atoms with Gasteiger partial charge in [-0.3, -0.25) is 19.2 Å². The van der Waals surface area contributed by atoms with E-state index in [2.05, 4.69) is 21.3 Å². The average molecular weight is 780 g/mol. The molecule has 22 heteroatoms. The first-order chi connectivity index (χ1) is 17.7. The number of hydrogen-bond donors (Lipinski definition) is 6. The van der Waals surface area contributed by atoms with Crippen LogP contribution < -0.4 is 21.3 Å². The SMILES string of the molecule is CN(C)CC(=O)N[C@@H](CO)C(=O)N[C@H](CSSC[C@@H](NC(=O)[C@H](CO)NC(=O)CN(C)C)C([NH-])=O)C([NH-])=O.[B].[B].[Y].[Y]. The van der Waals surface area contributed by atoms with Crippen molar-refractivity contribution in [2.45, 2.75) is 24.2 Å². The standard InChI is InChI=1S/C20H38N8O8S2.2B.2Y/c1-27(2)5-15(31)23-11(7-29)19(35)25-13(17(21)33)9-37-38-10-14(18(22)34)26-20(36)12(8-30)24-16(32)6-28(3)4;;;;/h11-14,29-30H,5-10H2,1-4H3,(H8,21,22,23,24,25,26,31,32,33,34,35,36);;;;/p-2/t11-,12-,13+,14+;;;;/m0..../s1. The number of likely N-dealkylation sites (N-methyl/N-ethyl adjacent to an activating group) is 2. The quantitative estimate of drug-likeness (QED) is 0.0416. The molecular weight excluding hydrogens is 744 g/mol. The summed E-state index contributed by atoms with van der Waals surface area (Å²) in [4.78, 5) is 74.9. The minimum Gasteiger partial charge on any atom is -0.666 e. The second-order valence-electron chi connectivity index (χ2n) is 8.50. The van der Waals surface area contributed by atoms with Gasteiger partial charge in [0.1, 0.15) is 12.1 Å². The minimum absolute atomic E-state index is 0. The molecule has 0 saturated carbocycles. The van der Waals surface area contributed by atoms with Gasteiger partial charge in [0.2, 0.25) is 23.6 Å². The van der Waals surface area contributed by atoms with Gasteiger partial charge in [-0.15, -0.1) is 0 Å². The molecular formula is C20H36B2N8O8S2Y2-2. The van der Waals surface area contributed by atoms with Crippen LogP contribution in [0.15, 0.2) is 0 Å². The van der Waals surface area contributed by atoms with E-state index in [1.807, 2.05) is 0 Å². The molecule has 16 nitrogen and oxygen atoms in total. The van der Waals surface area contributed by atoms with E-state index in [0.29, 0.717) is 0 Å². The van der Waals surface area contributed by atoms with Crippen LogP contribution >= 0.6 is 21.6 Å². The van der Waals surface area contributed by atoms with Crippen molar-refractivity contribution in [2.75, 3.05) is 66.0 Å². The molecule has 42 heavy (non-hydrogen) atoms. The van der Waals surface area contributed by atoms with Gasteiger partial charge in [-0.25, -0.2) is 0 Å². The molecule has 0 fully saturated rings. The van der Waals surface area contributed by atoms with E-state index in [9.17, 15) is 39.0 Å². The maximum Gasteiger partial charge on any atom is 0.245 e. The zero-order valence-electron chi connectivity index (χ0n) is 23.9. The van der Waals surface area contributed by atoms with Crippen LogP contribution in [0.3, 0.4) is 0 Å². The molecule has 0 saturated heterocycles. The number of amides is 6. The predicted molar refractivity (Wildman–Crippen MR) is 154 cm³/mol. The summed E-state index contributed by atoms with van der Waals surface area (Å²) in [5.74, 6) is -5.33. The second kappa shape index (κ2) is 28.2. The van der Waals surface area contributed by atoms with Gasteiger partial charge in [0.25, 0.3) is 0 Å². The smallest absolute Gasteiger partial charge is 0.245 e. The molecule has 0 aliphatic rings. The van der Waals surface area contributed by atoms with Crippen molar-refractivity contribution in [3.05, 3.63) is 11.5 Å². The summed E-state index contributed by atoms with van der Waals surface area (Å²) in [5.41, 5.74) is 14.7. The molecule has 0 rings (SSSR count). The molecule has 0 bridgehead atoms. The van der Waals surface area contributed by atoms with Crippen molar-refractivity contribution in [1.29, 1.82) is 0 Å². The Balaban J connectivity index is -0.00000114. The number of aliphatic hydroxyl groups excluding tert-OH is 2. The zero-order valence-corrected chi connectivity index (χ0v) is 31.2. The number of nitrogens with one attached hydrogen (secondary N) is 6. The van der Waals surface area contributed by atoms with Crippen LogP contribution in [-0.4, -0.2) is 162 Å². The van der Waals surface area contributed by atoms with Crippen molar-refractivity contribution in [2.24, 2.45) is 0 Å². The Hall–Kier alpha value is -0.302. The number of aliphatic hydroxyl groups is 2. The Bertz CT molecular complexity index is 790. The fraction of sp³-hybridized carbons (Fsp3) is 0.700. The third kappa shape index (κ3) is 23.1. The van der Waals surface area contributed by atoms with Crippen molar-refractivity contribution >= 4 is 73.9 Å². The Morgan fingerprint density at radius 3 is 1.12 bits per heavy atom. The summed E-state index contributed by atoms with van der Waals surface area (Å²) in [7, 11) is 8.48. The summed E-state index contributed by atoms with van der Waals surface area (Å²) >= 11 is 0. The predicted octanol–water partition coefficient (Wildman–Crippen LogP) is -4.19. The first-order valence-electron chi connectivity index (χ1n) is 11.2. The molecule has 0 aliphatic heterocycles. The van der Waals surface area contributed by atoms with E-state index in [1.54, 1.807) is 38.0 Å². The van der Waals surface area contributed by atoms with Gasteiger partial charge < -0.3 is 62.3 Å². The summed E-state index contributed by atoms with van der Waals surface area (Å²) < 4.78 is 0. The Labute approximate surface area is 308 Å². The molecule has 0 unspecified atom stereocenters. The van der Waals surface area contributed by atoms with Crippen molar-refractivity contribution in [3.8, 4) is 0 Å². The number of rotatable bonds is 19. The summed E-state index contributed by atoms with van der Waals surface area (Å²) in [5, 5.41) is 28.0. The first kappa shape index (κ1) is 51.3. The van der Waals surface area contributed by atoms with Gasteiger partial charge in [-0.1, -0.05) is 21.6 Å². The summed E-state index contributed by atoms with van der Waals surface area (Å²) in [6.07, 6.45) is 0. The van der Waals surface area contributed by atoms with Crippen LogP contribution in [0, 0.1) is 0 Å². The third-order valence-electron chi connectivity index (χ3n) is 4.41. The molecule has 230 valence electrons. The van der Waals surface area contributed by atoms with E-state index in [4.69, 9.17) is 11.5 Å². The molecule has 0 aromatic rings. The van der Waals surface area contributed by atoms with Crippen molar-refractivity contribution in [3.63, 3.8) is 0 Å². The van der Waals surface area contributed by atoms with E-state index in [1.165, 1.54) is 0 Å². The maximum absolute atomic E-state index is 12.4. The fourth-order valence-electron chi connectivity index (χ4n) is 2.59. The van der Waals surface area contributed by atoms with E-state index in [0.717, 1.165) is 21.6 Å². The molecule has 0 aromatic carbocycles. The average Bonchev–Trinajstić information content (AvgIpc) is 2.80.